The number of hydrogen-bond acceptors (Lipinski definition) is 2. The molecule has 1 aliphatic rings. The standard InChI is InChI=1S/C20H16F3N3O/c21-15-3-1-14(2-4-15)18-11-24-26-6-5-25(12-19(18)26)20(27)9-13-7-16(22)10-17(23)8-13/h1-4,7-8,10-11H,5-6,9,12H2. The molecule has 1 aliphatic heterocycles. The molecule has 2 heterocycles. The third-order valence-electron chi connectivity index (χ3n) is 4.66. The summed E-state index contributed by atoms with van der Waals surface area (Å²) >= 11 is 0. The summed E-state index contributed by atoms with van der Waals surface area (Å²) < 4.78 is 41.7. The summed E-state index contributed by atoms with van der Waals surface area (Å²) in [7, 11) is 0. The fourth-order valence-corrected chi connectivity index (χ4v) is 3.33. The fraction of sp³-hybridized carbons (Fsp3) is 0.200. The van der Waals surface area contributed by atoms with Gasteiger partial charge in [-0.25, -0.2) is 13.2 Å². The molecule has 0 bridgehead atoms. The van der Waals surface area contributed by atoms with Crippen molar-refractivity contribution in [3.8, 4) is 11.1 Å². The van der Waals surface area contributed by atoms with E-state index in [1.54, 1.807) is 23.2 Å². The first kappa shape index (κ1) is 17.3. The molecule has 4 rings (SSSR count). The lowest BCUT2D eigenvalue weighted by molar-refractivity contribution is -0.131. The molecule has 1 aromatic heterocycles. The molecule has 0 spiro atoms. The van der Waals surface area contributed by atoms with E-state index < -0.39 is 11.6 Å². The maximum Gasteiger partial charge on any atom is 0.227 e. The van der Waals surface area contributed by atoms with E-state index in [1.165, 1.54) is 24.3 Å². The Balaban J connectivity index is 1.54. The molecule has 0 unspecified atom stereocenters. The number of aromatic nitrogens is 2. The van der Waals surface area contributed by atoms with Crippen molar-refractivity contribution in [2.75, 3.05) is 6.54 Å². The molecule has 138 valence electrons. The van der Waals surface area contributed by atoms with Gasteiger partial charge in [0.1, 0.15) is 17.5 Å². The molecule has 0 saturated heterocycles. The second kappa shape index (κ2) is 6.90. The van der Waals surface area contributed by atoms with Crippen LogP contribution in [0.5, 0.6) is 0 Å². The first-order valence-electron chi connectivity index (χ1n) is 8.53. The summed E-state index contributed by atoms with van der Waals surface area (Å²) in [6.07, 6.45) is 1.63. The maximum atomic E-state index is 13.3. The van der Waals surface area contributed by atoms with Gasteiger partial charge in [0.05, 0.1) is 31.4 Å². The number of halogens is 3. The molecule has 0 radical (unpaired) electrons. The molecule has 27 heavy (non-hydrogen) atoms. The van der Waals surface area contributed by atoms with Crippen LogP contribution in [0.1, 0.15) is 11.3 Å². The first-order chi connectivity index (χ1) is 13.0. The Kier molecular flexibility index (Phi) is 4.43. The normalized spacial score (nSPS) is 13.5. The number of nitrogens with zero attached hydrogens (tertiary/aromatic N) is 3. The number of rotatable bonds is 3. The van der Waals surface area contributed by atoms with E-state index in [2.05, 4.69) is 5.10 Å². The summed E-state index contributed by atoms with van der Waals surface area (Å²) in [5.41, 5.74) is 2.81. The smallest absolute Gasteiger partial charge is 0.227 e. The van der Waals surface area contributed by atoms with Gasteiger partial charge in [0.2, 0.25) is 5.91 Å². The summed E-state index contributed by atoms with van der Waals surface area (Å²) in [6, 6.07) is 9.21. The molecule has 2 aromatic carbocycles. The number of carbonyl (C=O) groups excluding carboxylic acids is 1. The van der Waals surface area contributed by atoms with Crippen LogP contribution < -0.4 is 0 Å². The fourth-order valence-electron chi connectivity index (χ4n) is 3.33. The zero-order valence-corrected chi connectivity index (χ0v) is 14.3. The average molecular weight is 371 g/mol. The van der Waals surface area contributed by atoms with Crippen LogP contribution in [0.25, 0.3) is 11.1 Å². The van der Waals surface area contributed by atoms with Crippen LogP contribution in [-0.4, -0.2) is 27.1 Å². The number of hydrogen-bond donors (Lipinski definition) is 0. The molecule has 4 nitrogen and oxygen atoms in total. The number of benzene rings is 2. The van der Waals surface area contributed by atoms with Crippen molar-refractivity contribution >= 4 is 5.91 Å². The van der Waals surface area contributed by atoms with Gasteiger partial charge in [-0.05, 0) is 35.4 Å². The third kappa shape index (κ3) is 3.58. The summed E-state index contributed by atoms with van der Waals surface area (Å²) in [5.74, 6) is -1.93. The van der Waals surface area contributed by atoms with E-state index in [-0.39, 0.29) is 18.1 Å². The highest BCUT2D eigenvalue weighted by Crippen LogP contribution is 2.27. The summed E-state index contributed by atoms with van der Waals surface area (Å²) in [4.78, 5) is 14.3. The Hall–Kier alpha value is -3.09. The zero-order valence-electron chi connectivity index (χ0n) is 14.3. The quantitative estimate of drug-likeness (QED) is 0.706. The number of amides is 1. The Labute approximate surface area is 153 Å². The SMILES string of the molecule is O=C(Cc1cc(F)cc(F)c1)N1CCn2ncc(-c3ccc(F)cc3)c2C1. The average Bonchev–Trinajstić information content (AvgIpc) is 3.04. The van der Waals surface area contributed by atoms with Gasteiger partial charge in [0.25, 0.3) is 0 Å². The molecular weight excluding hydrogens is 355 g/mol. The Morgan fingerprint density at radius 3 is 2.37 bits per heavy atom. The van der Waals surface area contributed by atoms with E-state index in [0.29, 0.717) is 25.2 Å². The lowest BCUT2D eigenvalue weighted by Gasteiger charge is -2.28. The monoisotopic (exact) mass is 371 g/mol. The van der Waals surface area contributed by atoms with E-state index in [9.17, 15) is 18.0 Å². The predicted octanol–water partition coefficient (Wildman–Crippen LogP) is 3.55. The Bertz CT molecular complexity index is 978. The van der Waals surface area contributed by atoms with Crippen molar-refractivity contribution in [1.82, 2.24) is 14.7 Å². The van der Waals surface area contributed by atoms with Gasteiger partial charge in [0.15, 0.2) is 0 Å². The highest BCUT2D eigenvalue weighted by atomic mass is 19.1. The van der Waals surface area contributed by atoms with E-state index in [1.807, 2.05) is 4.68 Å². The second-order valence-corrected chi connectivity index (χ2v) is 6.50. The third-order valence-corrected chi connectivity index (χ3v) is 4.66. The van der Waals surface area contributed by atoms with Crippen LogP contribution >= 0.6 is 0 Å². The molecular formula is C20H16F3N3O. The van der Waals surface area contributed by atoms with Gasteiger partial charge in [-0.2, -0.15) is 5.10 Å². The largest absolute Gasteiger partial charge is 0.335 e. The van der Waals surface area contributed by atoms with Gasteiger partial charge in [-0.15, -0.1) is 0 Å². The van der Waals surface area contributed by atoms with Gasteiger partial charge >= 0.3 is 0 Å². The number of fused-ring (bicyclic) bond motifs is 1. The van der Waals surface area contributed by atoms with Crippen molar-refractivity contribution in [2.45, 2.75) is 19.5 Å². The summed E-state index contributed by atoms with van der Waals surface area (Å²) in [5, 5.41) is 4.34. The Morgan fingerprint density at radius 1 is 0.963 bits per heavy atom. The minimum atomic E-state index is -0.701. The van der Waals surface area contributed by atoms with E-state index >= 15 is 0 Å². The van der Waals surface area contributed by atoms with Gasteiger partial charge in [-0.3, -0.25) is 9.48 Å². The van der Waals surface area contributed by atoms with Crippen LogP contribution in [0.3, 0.4) is 0 Å². The molecule has 3 aromatic rings. The second-order valence-electron chi connectivity index (χ2n) is 6.50. The van der Waals surface area contributed by atoms with Crippen LogP contribution in [0.4, 0.5) is 13.2 Å². The lowest BCUT2D eigenvalue weighted by atomic mass is 10.0. The van der Waals surface area contributed by atoms with Crippen molar-refractivity contribution in [3.63, 3.8) is 0 Å². The molecule has 0 N–H and O–H groups in total. The van der Waals surface area contributed by atoms with Crippen LogP contribution in [-0.2, 0) is 24.3 Å². The van der Waals surface area contributed by atoms with Crippen LogP contribution in [0.2, 0.25) is 0 Å². The minimum Gasteiger partial charge on any atom is -0.335 e. The van der Waals surface area contributed by atoms with E-state index in [0.717, 1.165) is 22.9 Å². The number of carbonyl (C=O) groups is 1. The van der Waals surface area contributed by atoms with Crippen molar-refractivity contribution in [2.24, 2.45) is 0 Å². The molecule has 7 heteroatoms. The highest BCUT2D eigenvalue weighted by molar-refractivity contribution is 5.79. The lowest BCUT2D eigenvalue weighted by Crippen LogP contribution is -2.39. The summed E-state index contributed by atoms with van der Waals surface area (Å²) in [6.45, 7) is 1.33. The van der Waals surface area contributed by atoms with Gasteiger partial charge in [-0.1, -0.05) is 12.1 Å². The molecule has 0 saturated carbocycles. The minimum absolute atomic E-state index is 0.0747. The Morgan fingerprint density at radius 2 is 1.67 bits per heavy atom. The van der Waals surface area contributed by atoms with E-state index in [4.69, 9.17) is 0 Å². The predicted molar refractivity (Wildman–Crippen MR) is 93.1 cm³/mol. The van der Waals surface area contributed by atoms with Crippen molar-refractivity contribution in [1.29, 1.82) is 0 Å². The zero-order chi connectivity index (χ0) is 19.0. The van der Waals surface area contributed by atoms with Crippen LogP contribution in [0, 0.1) is 17.5 Å². The van der Waals surface area contributed by atoms with Gasteiger partial charge < -0.3 is 4.90 Å². The topological polar surface area (TPSA) is 38.1 Å². The first-order valence-corrected chi connectivity index (χ1v) is 8.53. The van der Waals surface area contributed by atoms with Crippen molar-refractivity contribution < 1.29 is 18.0 Å². The van der Waals surface area contributed by atoms with Gasteiger partial charge in [0, 0.05) is 18.2 Å². The maximum absolute atomic E-state index is 13.3. The van der Waals surface area contributed by atoms with Crippen molar-refractivity contribution in [3.05, 3.63) is 77.4 Å². The molecule has 0 aliphatic carbocycles. The molecule has 0 fully saturated rings. The van der Waals surface area contributed by atoms with Crippen LogP contribution in [0.15, 0.2) is 48.7 Å². The molecule has 0 atom stereocenters. The highest BCUT2D eigenvalue weighted by Gasteiger charge is 2.24. The molecule has 1 amide bonds.